The molecule has 1 aliphatic heterocycles. The molecule has 1 N–H and O–H groups in total. The van der Waals surface area contributed by atoms with E-state index in [1.165, 1.54) is 10.9 Å². The summed E-state index contributed by atoms with van der Waals surface area (Å²) in [6.07, 6.45) is 1.96. The van der Waals surface area contributed by atoms with Crippen LogP contribution in [0.15, 0.2) is 17.2 Å². The van der Waals surface area contributed by atoms with Crippen molar-refractivity contribution >= 4 is 21.6 Å². The Morgan fingerprint density at radius 3 is 2.43 bits per heavy atom. The fourth-order valence-electron chi connectivity index (χ4n) is 3.34. The van der Waals surface area contributed by atoms with Crippen molar-refractivity contribution in [2.24, 2.45) is 5.92 Å². The summed E-state index contributed by atoms with van der Waals surface area (Å²) in [6, 6.07) is 0.0358. The highest BCUT2D eigenvalue weighted by Crippen LogP contribution is 2.28. The van der Waals surface area contributed by atoms with Gasteiger partial charge in [0.15, 0.2) is 23.3 Å². The highest BCUT2D eigenvalue weighted by molar-refractivity contribution is 7.89. The number of hydrogen-bond acceptors (Lipinski definition) is 4. The van der Waals surface area contributed by atoms with Gasteiger partial charge in [0.05, 0.1) is 11.6 Å². The topological polar surface area (TPSA) is 84.3 Å². The largest absolute Gasteiger partial charge is 0.321 e. The summed E-state index contributed by atoms with van der Waals surface area (Å²) in [5.41, 5.74) is -0.930. The van der Waals surface area contributed by atoms with Gasteiger partial charge in [0, 0.05) is 31.9 Å². The monoisotopic (exact) mass is 448 g/mol. The first-order chi connectivity index (χ1) is 14.1. The lowest BCUT2D eigenvalue weighted by molar-refractivity contribution is -0.120. The van der Waals surface area contributed by atoms with E-state index in [1.54, 1.807) is 13.8 Å². The minimum absolute atomic E-state index is 0.00898. The normalized spacial score (nSPS) is 17.9. The lowest BCUT2D eigenvalue weighted by Crippen LogP contribution is -2.44. The zero-order valence-electron chi connectivity index (χ0n) is 16.3. The average Bonchev–Trinajstić information content (AvgIpc) is 3.11. The number of nitrogens with one attached hydrogen (secondary N) is 1. The van der Waals surface area contributed by atoms with E-state index in [9.17, 15) is 30.8 Å². The lowest BCUT2D eigenvalue weighted by Gasteiger charge is -2.31. The van der Waals surface area contributed by atoms with Crippen molar-refractivity contribution < 1.29 is 30.8 Å². The fourth-order valence-corrected chi connectivity index (χ4v) is 5.03. The molecule has 0 radical (unpaired) electrons. The summed E-state index contributed by atoms with van der Waals surface area (Å²) >= 11 is 0. The van der Waals surface area contributed by atoms with Crippen LogP contribution in [-0.2, 0) is 21.4 Å². The van der Waals surface area contributed by atoms with Gasteiger partial charge in [-0.1, -0.05) is 0 Å². The molecule has 1 fully saturated rings. The van der Waals surface area contributed by atoms with E-state index in [0.717, 1.165) is 4.31 Å². The Morgan fingerprint density at radius 2 is 1.87 bits per heavy atom. The summed E-state index contributed by atoms with van der Waals surface area (Å²) in [5, 5.41) is 5.97. The van der Waals surface area contributed by atoms with Gasteiger partial charge in [0.1, 0.15) is 10.6 Å². The van der Waals surface area contributed by atoms with Crippen LogP contribution in [-0.4, -0.2) is 41.5 Å². The van der Waals surface area contributed by atoms with E-state index in [4.69, 9.17) is 0 Å². The van der Waals surface area contributed by atoms with Gasteiger partial charge in [-0.25, -0.2) is 26.0 Å². The van der Waals surface area contributed by atoms with Crippen LogP contribution in [0.1, 0.15) is 25.5 Å². The van der Waals surface area contributed by atoms with Gasteiger partial charge in [0.25, 0.3) is 0 Å². The standard InChI is InChI=1S/C18H20F4N4O3S/c1-3-25-9-14(10(2)24-25)30(28,29)26-6-4-5-11(8-26)18(27)23-17-15(21)12(19)7-13(20)16(17)22/h7,9,11H,3-6,8H2,1-2H3,(H,23,27)/t11-/m0/s1. The van der Waals surface area contributed by atoms with Crippen molar-refractivity contribution in [3.8, 4) is 0 Å². The second-order valence-electron chi connectivity index (χ2n) is 6.97. The zero-order chi connectivity index (χ0) is 22.2. The Kier molecular flexibility index (Phi) is 6.18. The van der Waals surface area contributed by atoms with Gasteiger partial charge in [-0.3, -0.25) is 9.48 Å². The van der Waals surface area contributed by atoms with Crippen molar-refractivity contribution in [3.63, 3.8) is 0 Å². The number of sulfonamides is 1. The number of carbonyl (C=O) groups is 1. The molecular formula is C18H20F4N4O3S. The second kappa shape index (κ2) is 8.34. The number of benzene rings is 1. The van der Waals surface area contributed by atoms with Gasteiger partial charge in [0.2, 0.25) is 15.9 Å². The Morgan fingerprint density at radius 1 is 1.23 bits per heavy atom. The number of hydrogen-bond donors (Lipinski definition) is 1. The molecule has 1 saturated heterocycles. The van der Waals surface area contributed by atoms with Crippen LogP contribution in [0.25, 0.3) is 0 Å². The van der Waals surface area contributed by atoms with E-state index in [1.807, 2.05) is 5.32 Å². The van der Waals surface area contributed by atoms with Crippen molar-refractivity contribution in [3.05, 3.63) is 41.2 Å². The summed E-state index contributed by atoms with van der Waals surface area (Å²) in [5.74, 6) is -8.66. The average molecular weight is 448 g/mol. The molecule has 0 spiro atoms. The number of carbonyl (C=O) groups excluding carboxylic acids is 1. The third-order valence-electron chi connectivity index (χ3n) is 4.96. The Labute approximate surface area is 170 Å². The maximum absolute atomic E-state index is 13.8. The van der Waals surface area contributed by atoms with Gasteiger partial charge >= 0.3 is 0 Å². The number of aryl methyl sites for hydroxylation is 2. The first-order valence-corrected chi connectivity index (χ1v) is 10.7. The Bertz CT molecular complexity index is 1060. The lowest BCUT2D eigenvalue weighted by atomic mass is 9.98. The molecule has 30 heavy (non-hydrogen) atoms. The van der Waals surface area contributed by atoms with Crippen LogP contribution in [0, 0.1) is 36.1 Å². The predicted octanol–water partition coefficient (Wildman–Crippen LogP) is 2.81. The molecule has 1 atom stereocenters. The van der Waals surface area contributed by atoms with Crippen LogP contribution in [0.2, 0.25) is 0 Å². The Balaban J connectivity index is 1.81. The number of halogens is 4. The van der Waals surface area contributed by atoms with Crippen LogP contribution in [0.3, 0.4) is 0 Å². The highest BCUT2D eigenvalue weighted by atomic mass is 32.2. The predicted molar refractivity (Wildman–Crippen MR) is 99.0 cm³/mol. The number of nitrogens with zero attached hydrogens (tertiary/aromatic N) is 3. The molecule has 3 rings (SSSR count). The van der Waals surface area contributed by atoms with Crippen molar-refractivity contribution in [2.75, 3.05) is 18.4 Å². The number of aromatic nitrogens is 2. The van der Waals surface area contributed by atoms with Crippen LogP contribution >= 0.6 is 0 Å². The van der Waals surface area contributed by atoms with E-state index in [2.05, 4.69) is 5.10 Å². The Hall–Kier alpha value is -2.47. The van der Waals surface area contributed by atoms with Gasteiger partial charge in [-0.05, 0) is 26.7 Å². The quantitative estimate of drug-likeness (QED) is 0.563. The van der Waals surface area contributed by atoms with Crippen molar-refractivity contribution in [1.29, 1.82) is 0 Å². The van der Waals surface area contributed by atoms with Crippen molar-refractivity contribution in [1.82, 2.24) is 14.1 Å². The number of anilines is 1. The molecule has 12 heteroatoms. The SMILES string of the molecule is CCn1cc(S(=O)(=O)N2CCC[C@H](C(=O)Nc3c(F)c(F)cc(F)c3F)C2)c(C)n1. The molecular weight excluding hydrogens is 428 g/mol. The highest BCUT2D eigenvalue weighted by Gasteiger charge is 2.35. The van der Waals surface area contributed by atoms with Crippen LogP contribution in [0.4, 0.5) is 23.2 Å². The third-order valence-corrected chi connectivity index (χ3v) is 6.93. The molecule has 2 heterocycles. The summed E-state index contributed by atoms with van der Waals surface area (Å²) in [4.78, 5) is 12.5. The molecule has 7 nitrogen and oxygen atoms in total. The molecule has 1 aliphatic rings. The third kappa shape index (κ3) is 4.06. The first-order valence-electron chi connectivity index (χ1n) is 9.24. The van der Waals surface area contributed by atoms with Gasteiger partial charge in [-0.15, -0.1) is 0 Å². The summed E-state index contributed by atoms with van der Waals surface area (Å²) in [6.45, 7) is 3.74. The van der Waals surface area contributed by atoms with Gasteiger partial charge < -0.3 is 5.32 Å². The molecule has 1 aromatic carbocycles. The minimum Gasteiger partial charge on any atom is -0.321 e. The number of piperidine rings is 1. The summed E-state index contributed by atoms with van der Waals surface area (Å²) < 4.78 is 82.9. The number of rotatable bonds is 5. The maximum Gasteiger partial charge on any atom is 0.246 e. The second-order valence-corrected chi connectivity index (χ2v) is 8.88. The fraction of sp³-hybridized carbons (Fsp3) is 0.444. The van der Waals surface area contributed by atoms with E-state index in [0.29, 0.717) is 18.7 Å². The molecule has 0 unspecified atom stereocenters. The zero-order valence-corrected chi connectivity index (χ0v) is 17.1. The molecule has 1 amide bonds. The van der Waals surface area contributed by atoms with E-state index in [-0.39, 0.29) is 30.5 Å². The first kappa shape index (κ1) is 22.2. The molecule has 2 aromatic rings. The van der Waals surface area contributed by atoms with Crippen LogP contribution < -0.4 is 5.32 Å². The minimum atomic E-state index is -3.95. The molecule has 1 aromatic heterocycles. The number of amides is 1. The molecule has 0 aliphatic carbocycles. The molecule has 0 saturated carbocycles. The van der Waals surface area contributed by atoms with Gasteiger partial charge in [-0.2, -0.15) is 9.40 Å². The smallest absolute Gasteiger partial charge is 0.246 e. The molecule has 0 bridgehead atoms. The van der Waals surface area contributed by atoms with E-state index < -0.39 is 50.8 Å². The van der Waals surface area contributed by atoms with Crippen molar-refractivity contribution in [2.45, 2.75) is 38.1 Å². The van der Waals surface area contributed by atoms with E-state index >= 15 is 0 Å². The molecule has 164 valence electrons. The summed E-state index contributed by atoms with van der Waals surface area (Å²) in [7, 11) is -3.95. The maximum atomic E-state index is 13.8. The van der Waals surface area contributed by atoms with Crippen LogP contribution in [0.5, 0.6) is 0 Å².